The zero-order valence-corrected chi connectivity index (χ0v) is 9.67. The molecule has 0 radical (unpaired) electrons. The first-order valence-electron chi connectivity index (χ1n) is 5.19. The highest BCUT2D eigenvalue weighted by atomic mass is 16.2. The van der Waals surface area contributed by atoms with Crippen molar-refractivity contribution in [1.29, 1.82) is 0 Å². The summed E-state index contributed by atoms with van der Waals surface area (Å²) in [6, 6.07) is 0. The van der Waals surface area contributed by atoms with Crippen LogP contribution in [-0.4, -0.2) is 32.0 Å². The van der Waals surface area contributed by atoms with Crippen molar-refractivity contribution in [1.82, 2.24) is 10.6 Å². The summed E-state index contributed by atoms with van der Waals surface area (Å²) < 4.78 is 0. The lowest BCUT2D eigenvalue weighted by molar-refractivity contribution is -0.128. The highest BCUT2D eigenvalue weighted by Gasteiger charge is 2.18. The van der Waals surface area contributed by atoms with E-state index in [1.54, 1.807) is 0 Å². The lowest BCUT2D eigenvalue weighted by Crippen LogP contribution is -2.41. The van der Waals surface area contributed by atoms with E-state index in [1.807, 2.05) is 13.8 Å². The minimum Gasteiger partial charge on any atom is -0.358 e. The van der Waals surface area contributed by atoms with Gasteiger partial charge in [-0.3, -0.25) is 9.59 Å². The van der Waals surface area contributed by atoms with Crippen molar-refractivity contribution in [2.45, 2.75) is 20.3 Å². The summed E-state index contributed by atoms with van der Waals surface area (Å²) in [5, 5.41) is 4.99. The van der Waals surface area contributed by atoms with Crippen LogP contribution in [0.4, 0.5) is 0 Å². The van der Waals surface area contributed by atoms with Crippen LogP contribution in [0.3, 0.4) is 0 Å². The molecule has 0 spiro atoms. The highest BCUT2D eigenvalue weighted by Crippen LogP contribution is 2.10. The summed E-state index contributed by atoms with van der Waals surface area (Å²) >= 11 is 0. The average Bonchev–Trinajstić information content (AvgIpc) is 2.21. The van der Waals surface area contributed by atoms with E-state index in [0.717, 1.165) is 6.42 Å². The molecule has 4 N–H and O–H groups in total. The van der Waals surface area contributed by atoms with E-state index >= 15 is 0 Å². The molecule has 1 atom stereocenters. The summed E-state index contributed by atoms with van der Waals surface area (Å²) in [6.45, 7) is 4.41. The third-order valence-corrected chi connectivity index (χ3v) is 2.11. The van der Waals surface area contributed by atoms with Crippen molar-refractivity contribution >= 4 is 11.8 Å². The zero-order chi connectivity index (χ0) is 11.8. The quantitative estimate of drug-likeness (QED) is 0.557. The second-order valence-electron chi connectivity index (χ2n) is 3.95. The Hall–Kier alpha value is -1.10. The van der Waals surface area contributed by atoms with E-state index in [-0.39, 0.29) is 24.3 Å². The third-order valence-electron chi connectivity index (χ3n) is 2.11. The number of carbonyl (C=O) groups excluding carboxylic acids is 2. The van der Waals surface area contributed by atoms with Crippen LogP contribution < -0.4 is 16.4 Å². The number of nitrogens with one attached hydrogen (secondary N) is 2. The molecule has 0 aliphatic carbocycles. The molecule has 5 nitrogen and oxygen atoms in total. The number of rotatable bonds is 6. The van der Waals surface area contributed by atoms with Gasteiger partial charge in [-0.25, -0.2) is 0 Å². The summed E-state index contributed by atoms with van der Waals surface area (Å²) in [5.74, 6) is -0.127. The third kappa shape index (κ3) is 6.06. The molecule has 0 aromatic carbocycles. The van der Waals surface area contributed by atoms with Crippen LogP contribution in [0.2, 0.25) is 0 Å². The van der Waals surface area contributed by atoms with Crippen molar-refractivity contribution in [3.63, 3.8) is 0 Å². The minimum absolute atomic E-state index is 0.0178. The molecule has 0 aromatic rings. The predicted octanol–water partition coefficient (Wildman–Crippen LogP) is -0.530. The predicted molar refractivity (Wildman–Crippen MR) is 59.1 cm³/mol. The first-order chi connectivity index (χ1) is 7.01. The van der Waals surface area contributed by atoms with Gasteiger partial charge in [0.15, 0.2) is 0 Å². The molecule has 1 unspecified atom stereocenters. The Kier molecular flexibility index (Phi) is 6.70. The zero-order valence-electron chi connectivity index (χ0n) is 9.67. The summed E-state index contributed by atoms with van der Waals surface area (Å²) in [4.78, 5) is 22.5. The molecular weight excluding hydrogens is 194 g/mol. The van der Waals surface area contributed by atoms with Gasteiger partial charge in [0.05, 0.1) is 12.5 Å². The fourth-order valence-electron chi connectivity index (χ4n) is 1.28. The van der Waals surface area contributed by atoms with Crippen LogP contribution in [0.25, 0.3) is 0 Å². The molecule has 5 heteroatoms. The van der Waals surface area contributed by atoms with Gasteiger partial charge in [-0.1, -0.05) is 13.8 Å². The Bertz CT molecular complexity index is 217. The first kappa shape index (κ1) is 13.9. The molecule has 15 heavy (non-hydrogen) atoms. The fraction of sp³-hybridized carbons (Fsp3) is 0.800. The molecule has 0 rings (SSSR count). The maximum absolute atomic E-state index is 11.6. The number of hydrogen-bond donors (Lipinski definition) is 3. The molecule has 0 aromatic heterocycles. The summed E-state index contributed by atoms with van der Waals surface area (Å²) in [6.07, 6.45) is 0.746. The number of carbonyl (C=O) groups is 2. The van der Waals surface area contributed by atoms with E-state index < -0.39 is 0 Å². The van der Waals surface area contributed by atoms with E-state index in [4.69, 9.17) is 5.73 Å². The molecule has 0 heterocycles. The average molecular weight is 215 g/mol. The molecule has 0 aliphatic heterocycles. The van der Waals surface area contributed by atoms with Crippen molar-refractivity contribution in [2.75, 3.05) is 20.1 Å². The van der Waals surface area contributed by atoms with E-state index in [2.05, 4.69) is 10.6 Å². The second-order valence-corrected chi connectivity index (χ2v) is 3.95. The standard InChI is InChI=1S/C10H21N3O2/c1-7(2)4-8(5-11)10(15)13-6-9(14)12-3/h7-8H,4-6,11H2,1-3H3,(H,12,14)(H,13,15). The largest absolute Gasteiger partial charge is 0.358 e. The summed E-state index contributed by atoms with van der Waals surface area (Å²) in [5.41, 5.74) is 5.50. The number of likely N-dealkylation sites (N-methyl/N-ethyl adjacent to an activating group) is 1. The number of hydrogen-bond acceptors (Lipinski definition) is 3. The van der Waals surface area contributed by atoms with Crippen LogP contribution in [0.5, 0.6) is 0 Å². The Balaban J connectivity index is 3.99. The Morgan fingerprint density at radius 2 is 1.93 bits per heavy atom. The second kappa shape index (κ2) is 7.23. The van der Waals surface area contributed by atoms with Crippen molar-refractivity contribution in [3.8, 4) is 0 Å². The first-order valence-corrected chi connectivity index (χ1v) is 5.19. The molecule has 2 amide bonds. The maximum Gasteiger partial charge on any atom is 0.239 e. The number of amides is 2. The van der Waals surface area contributed by atoms with Gasteiger partial charge >= 0.3 is 0 Å². The van der Waals surface area contributed by atoms with Gasteiger partial charge in [0.25, 0.3) is 0 Å². The van der Waals surface area contributed by atoms with Gasteiger partial charge in [0.2, 0.25) is 11.8 Å². The Labute approximate surface area is 90.8 Å². The van der Waals surface area contributed by atoms with Gasteiger partial charge in [-0.15, -0.1) is 0 Å². The number of nitrogens with two attached hydrogens (primary N) is 1. The molecule has 0 saturated heterocycles. The van der Waals surface area contributed by atoms with Crippen molar-refractivity contribution < 1.29 is 9.59 Å². The van der Waals surface area contributed by atoms with Gasteiger partial charge < -0.3 is 16.4 Å². The van der Waals surface area contributed by atoms with Gasteiger partial charge in [0.1, 0.15) is 0 Å². The van der Waals surface area contributed by atoms with Crippen LogP contribution >= 0.6 is 0 Å². The molecule has 0 saturated carbocycles. The van der Waals surface area contributed by atoms with Gasteiger partial charge in [0, 0.05) is 13.6 Å². The van der Waals surface area contributed by atoms with Gasteiger partial charge in [-0.05, 0) is 12.3 Å². The molecule has 0 fully saturated rings. The summed E-state index contributed by atoms with van der Waals surface area (Å²) in [7, 11) is 1.53. The van der Waals surface area contributed by atoms with E-state index in [0.29, 0.717) is 12.5 Å². The normalized spacial score (nSPS) is 12.3. The Morgan fingerprint density at radius 1 is 1.33 bits per heavy atom. The van der Waals surface area contributed by atoms with Crippen LogP contribution in [0, 0.1) is 11.8 Å². The minimum atomic E-state index is -0.205. The monoisotopic (exact) mass is 215 g/mol. The highest BCUT2D eigenvalue weighted by molar-refractivity contribution is 5.85. The van der Waals surface area contributed by atoms with Crippen LogP contribution in [0.1, 0.15) is 20.3 Å². The van der Waals surface area contributed by atoms with Crippen molar-refractivity contribution in [3.05, 3.63) is 0 Å². The molecule has 88 valence electrons. The molecular formula is C10H21N3O2. The lowest BCUT2D eigenvalue weighted by atomic mass is 9.96. The SMILES string of the molecule is CNC(=O)CNC(=O)C(CN)CC(C)C. The van der Waals surface area contributed by atoms with Crippen LogP contribution in [0.15, 0.2) is 0 Å². The van der Waals surface area contributed by atoms with Crippen LogP contribution in [-0.2, 0) is 9.59 Å². The van der Waals surface area contributed by atoms with Crippen molar-refractivity contribution in [2.24, 2.45) is 17.6 Å². The molecule has 0 bridgehead atoms. The van der Waals surface area contributed by atoms with E-state index in [9.17, 15) is 9.59 Å². The maximum atomic E-state index is 11.6. The fourth-order valence-corrected chi connectivity index (χ4v) is 1.28. The van der Waals surface area contributed by atoms with E-state index in [1.165, 1.54) is 7.05 Å². The topological polar surface area (TPSA) is 84.2 Å². The lowest BCUT2D eigenvalue weighted by Gasteiger charge is -2.16. The smallest absolute Gasteiger partial charge is 0.239 e. The van der Waals surface area contributed by atoms with Gasteiger partial charge in [-0.2, -0.15) is 0 Å². The Morgan fingerprint density at radius 3 is 2.33 bits per heavy atom. The molecule has 0 aliphatic rings.